The van der Waals surface area contributed by atoms with E-state index < -0.39 is 0 Å². The van der Waals surface area contributed by atoms with Gasteiger partial charge in [-0.05, 0) is 30.3 Å². The first kappa shape index (κ1) is 14.7. The highest BCUT2D eigenvalue weighted by Gasteiger charge is 2.07. The first-order valence-electron chi connectivity index (χ1n) is 6.70. The number of thiazole rings is 1. The second kappa shape index (κ2) is 6.72. The van der Waals surface area contributed by atoms with Gasteiger partial charge in [-0.1, -0.05) is 11.6 Å². The van der Waals surface area contributed by atoms with Crippen LogP contribution in [0.15, 0.2) is 48.1 Å². The van der Waals surface area contributed by atoms with Gasteiger partial charge < -0.3 is 5.32 Å². The molecular weight excluding hydrogens is 320 g/mol. The Labute approximate surface area is 136 Å². The first-order chi connectivity index (χ1) is 10.7. The van der Waals surface area contributed by atoms with Crippen LogP contribution in [0.2, 0.25) is 5.02 Å². The van der Waals surface area contributed by atoms with E-state index >= 15 is 0 Å². The average molecular weight is 333 g/mol. The van der Waals surface area contributed by atoms with Crippen molar-refractivity contribution in [3.8, 4) is 5.13 Å². The second-order valence-corrected chi connectivity index (χ2v) is 5.86. The second-order valence-electron chi connectivity index (χ2n) is 4.58. The maximum Gasteiger partial charge on any atom is 0.251 e. The van der Waals surface area contributed by atoms with Gasteiger partial charge >= 0.3 is 0 Å². The Kier molecular flexibility index (Phi) is 4.50. The Hall–Kier alpha value is -2.18. The van der Waals surface area contributed by atoms with Crippen LogP contribution in [-0.2, 0) is 6.42 Å². The molecule has 1 amide bonds. The quantitative estimate of drug-likeness (QED) is 0.781. The summed E-state index contributed by atoms with van der Waals surface area (Å²) in [4.78, 5) is 16.4. The smallest absolute Gasteiger partial charge is 0.251 e. The number of halogens is 1. The van der Waals surface area contributed by atoms with E-state index in [2.05, 4.69) is 15.4 Å². The number of amides is 1. The maximum atomic E-state index is 12.0. The van der Waals surface area contributed by atoms with Crippen molar-refractivity contribution >= 4 is 28.8 Å². The third-order valence-corrected chi connectivity index (χ3v) is 4.14. The minimum absolute atomic E-state index is 0.112. The van der Waals surface area contributed by atoms with E-state index in [1.807, 2.05) is 17.6 Å². The van der Waals surface area contributed by atoms with Crippen LogP contribution < -0.4 is 5.32 Å². The minimum Gasteiger partial charge on any atom is -0.352 e. The Morgan fingerprint density at radius 2 is 2.14 bits per heavy atom. The van der Waals surface area contributed by atoms with E-state index in [1.54, 1.807) is 35.1 Å². The summed E-state index contributed by atoms with van der Waals surface area (Å²) in [6, 6.07) is 8.67. The molecule has 22 heavy (non-hydrogen) atoms. The highest BCUT2D eigenvalue weighted by atomic mass is 35.5. The van der Waals surface area contributed by atoms with Crippen LogP contribution in [-0.4, -0.2) is 27.2 Å². The SMILES string of the molecule is O=C(NCCc1csc(-n2cccn2)n1)c1ccc(Cl)cc1. The summed E-state index contributed by atoms with van der Waals surface area (Å²) in [5, 5.41) is 10.4. The molecule has 3 rings (SSSR count). The molecule has 2 heterocycles. The average Bonchev–Trinajstić information content (AvgIpc) is 3.19. The number of nitrogens with one attached hydrogen (secondary N) is 1. The lowest BCUT2D eigenvalue weighted by Crippen LogP contribution is -2.25. The Morgan fingerprint density at radius 1 is 1.32 bits per heavy atom. The van der Waals surface area contributed by atoms with Gasteiger partial charge in [-0.2, -0.15) is 5.10 Å². The third kappa shape index (κ3) is 3.52. The van der Waals surface area contributed by atoms with Crippen molar-refractivity contribution in [1.82, 2.24) is 20.1 Å². The largest absolute Gasteiger partial charge is 0.352 e. The Balaban J connectivity index is 1.53. The molecule has 0 saturated heterocycles. The number of nitrogens with zero attached hydrogens (tertiary/aromatic N) is 3. The summed E-state index contributed by atoms with van der Waals surface area (Å²) < 4.78 is 1.72. The van der Waals surface area contributed by atoms with E-state index in [1.165, 1.54) is 11.3 Å². The number of aromatic nitrogens is 3. The molecule has 0 aliphatic carbocycles. The number of hydrogen-bond donors (Lipinski definition) is 1. The molecule has 0 fully saturated rings. The fraction of sp³-hybridized carbons (Fsp3) is 0.133. The van der Waals surface area contributed by atoms with Crippen molar-refractivity contribution in [1.29, 1.82) is 0 Å². The van der Waals surface area contributed by atoms with E-state index in [0.29, 0.717) is 23.6 Å². The molecule has 0 saturated carbocycles. The van der Waals surface area contributed by atoms with E-state index in [-0.39, 0.29) is 5.91 Å². The molecule has 112 valence electrons. The van der Waals surface area contributed by atoms with Gasteiger partial charge in [0.1, 0.15) is 0 Å². The number of benzene rings is 1. The number of rotatable bonds is 5. The Morgan fingerprint density at radius 3 is 2.86 bits per heavy atom. The zero-order valence-corrected chi connectivity index (χ0v) is 13.1. The van der Waals surface area contributed by atoms with Gasteiger partial charge in [-0.15, -0.1) is 11.3 Å². The van der Waals surface area contributed by atoms with E-state index in [4.69, 9.17) is 11.6 Å². The summed E-state index contributed by atoms with van der Waals surface area (Å²) in [5.74, 6) is -0.112. The van der Waals surface area contributed by atoms with Crippen molar-refractivity contribution in [2.45, 2.75) is 6.42 Å². The molecule has 2 aromatic heterocycles. The fourth-order valence-corrected chi connectivity index (χ4v) is 2.83. The Bertz CT molecular complexity index is 752. The highest BCUT2D eigenvalue weighted by Crippen LogP contribution is 2.14. The van der Waals surface area contributed by atoms with Gasteiger partial charge in [0.2, 0.25) is 5.13 Å². The molecule has 1 N–H and O–H groups in total. The number of hydrogen-bond acceptors (Lipinski definition) is 4. The fourth-order valence-electron chi connectivity index (χ4n) is 1.91. The molecule has 7 heteroatoms. The van der Waals surface area contributed by atoms with Gasteiger partial charge in [0, 0.05) is 41.3 Å². The number of carbonyl (C=O) groups is 1. The van der Waals surface area contributed by atoms with Gasteiger partial charge in [0.05, 0.1) is 5.69 Å². The van der Waals surface area contributed by atoms with Crippen molar-refractivity contribution in [2.75, 3.05) is 6.54 Å². The molecule has 0 bridgehead atoms. The topological polar surface area (TPSA) is 59.8 Å². The van der Waals surface area contributed by atoms with Gasteiger partial charge in [0.15, 0.2) is 0 Å². The van der Waals surface area contributed by atoms with Crippen molar-refractivity contribution in [3.63, 3.8) is 0 Å². The molecule has 1 aromatic carbocycles. The molecular formula is C15H13ClN4OS. The first-order valence-corrected chi connectivity index (χ1v) is 7.96. The van der Waals surface area contributed by atoms with E-state index in [9.17, 15) is 4.79 Å². The predicted octanol–water partition coefficient (Wildman–Crippen LogP) is 2.95. The number of carbonyl (C=O) groups excluding carboxylic acids is 1. The normalized spacial score (nSPS) is 10.6. The molecule has 0 radical (unpaired) electrons. The van der Waals surface area contributed by atoms with Crippen LogP contribution in [0, 0.1) is 0 Å². The van der Waals surface area contributed by atoms with Crippen LogP contribution in [0.5, 0.6) is 0 Å². The molecule has 0 aliphatic heterocycles. The van der Waals surface area contributed by atoms with Crippen LogP contribution >= 0.6 is 22.9 Å². The summed E-state index contributed by atoms with van der Waals surface area (Å²) in [5.41, 5.74) is 1.53. The van der Waals surface area contributed by atoms with Crippen molar-refractivity contribution in [2.24, 2.45) is 0 Å². The molecule has 0 spiro atoms. The predicted molar refractivity (Wildman–Crippen MR) is 86.7 cm³/mol. The van der Waals surface area contributed by atoms with E-state index in [0.717, 1.165) is 10.8 Å². The lowest BCUT2D eigenvalue weighted by molar-refractivity contribution is 0.0954. The maximum absolute atomic E-state index is 12.0. The molecule has 0 aliphatic rings. The highest BCUT2D eigenvalue weighted by molar-refractivity contribution is 7.12. The zero-order valence-electron chi connectivity index (χ0n) is 11.6. The summed E-state index contributed by atoms with van der Waals surface area (Å²) in [7, 11) is 0. The summed E-state index contributed by atoms with van der Waals surface area (Å²) >= 11 is 7.33. The molecule has 0 atom stereocenters. The summed E-state index contributed by atoms with van der Waals surface area (Å²) in [6.07, 6.45) is 4.25. The van der Waals surface area contributed by atoms with Crippen LogP contribution in [0.3, 0.4) is 0 Å². The van der Waals surface area contributed by atoms with Crippen molar-refractivity contribution < 1.29 is 4.79 Å². The molecule has 5 nitrogen and oxygen atoms in total. The van der Waals surface area contributed by atoms with Gasteiger partial charge in [-0.3, -0.25) is 4.79 Å². The lowest BCUT2D eigenvalue weighted by Gasteiger charge is -2.04. The monoisotopic (exact) mass is 332 g/mol. The standard InChI is InChI=1S/C15H13ClN4OS/c16-12-4-2-11(3-5-12)14(21)17-8-6-13-10-22-15(19-13)20-9-1-7-18-20/h1-5,7,9-10H,6,8H2,(H,17,21). The molecule has 0 unspecified atom stereocenters. The molecule has 3 aromatic rings. The summed E-state index contributed by atoms with van der Waals surface area (Å²) in [6.45, 7) is 0.531. The zero-order chi connectivity index (χ0) is 15.4. The van der Waals surface area contributed by atoms with Crippen LogP contribution in [0.25, 0.3) is 5.13 Å². The lowest BCUT2D eigenvalue weighted by atomic mass is 10.2. The van der Waals surface area contributed by atoms with Gasteiger partial charge in [0.25, 0.3) is 5.91 Å². The van der Waals surface area contributed by atoms with Crippen LogP contribution in [0.1, 0.15) is 16.1 Å². The minimum atomic E-state index is -0.112. The third-order valence-electron chi connectivity index (χ3n) is 3.01. The van der Waals surface area contributed by atoms with Gasteiger partial charge in [-0.25, -0.2) is 9.67 Å². The van der Waals surface area contributed by atoms with Crippen molar-refractivity contribution in [3.05, 3.63) is 64.4 Å². The van der Waals surface area contributed by atoms with Crippen LogP contribution in [0.4, 0.5) is 0 Å².